The molecular weight excluding hydrogens is 370 g/mol. The van der Waals surface area contributed by atoms with E-state index in [1.165, 1.54) is 16.9 Å². The highest BCUT2D eigenvalue weighted by molar-refractivity contribution is 7.13. The van der Waals surface area contributed by atoms with E-state index in [-0.39, 0.29) is 18.1 Å². The summed E-state index contributed by atoms with van der Waals surface area (Å²) >= 11 is 1.50. The Hall–Kier alpha value is -3.12. The van der Waals surface area contributed by atoms with E-state index in [4.69, 9.17) is 15.1 Å². The third kappa shape index (κ3) is 3.05. The molecule has 0 saturated heterocycles. The number of thiazole rings is 1. The summed E-state index contributed by atoms with van der Waals surface area (Å²) in [6, 6.07) is 15.7. The highest BCUT2D eigenvalue weighted by Gasteiger charge is 2.33. The summed E-state index contributed by atoms with van der Waals surface area (Å²) < 4.78 is 5.42. The SMILES string of the molecule is COc1ccccc1N1CC(O)=C(c2nc(-c3ccc(C)cc3)c(C)s2)C1=N. The molecule has 1 aromatic heterocycles. The maximum atomic E-state index is 10.6. The standard InChI is InChI=1S/C22H21N3O2S/c1-13-8-10-15(11-9-13)20-14(2)28-22(24-20)19-17(26)12-25(21(19)23)16-6-4-5-7-18(16)27-3/h4-11,23,26H,12H2,1-3H3. The summed E-state index contributed by atoms with van der Waals surface area (Å²) in [5, 5.41) is 20.0. The second-order valence-corrected chi connectivity index (χ2v) is 7.92. The average molecular weight is 391 g/mol. The Kier molecular flexibility index (Phi) is 4.65. The lowest BCUT2D eigenvalue weighted by Crippen LogP contribution is -2.26. The summed E-state index contributed by atoms with van der Waals surface area (Å²) in [5.74, 6) is 1.04. The molecule has 0 saturated carbocycles. The van der Waals surface area contributed by atoms with Crippen LogP contribution in [0.3, 0.4) is 0 Å². The predicted octanol–water partition coefficient (Wildman–Crippen LogP) is 5.20. The number of hydrogen-bond donors (Lipinski definition) is 2. The number of aliphatic hydroxyl groups excluding tert-OH is 1. The van der Waals surface area contributed by atoms with E-state index in [2.05, 4.69) is 31.2 Å². The lowest BCUT2D eigenvalue weighted by molar-refractivity contribution is 0.407. The van der Waals surface area contributed by atoms with Crippen LogP contribution in [-0.2, 0) is 0 Å². The topological polar surface area (TPSA) is 69.4 Å². The molecule has 4 rings (SSSR count). The minimum absolute atomic E-state index is 0.153. The van der Waals surface area contributed by atoms with E-state index in [1.54, 1.807) is 12.0 Å². The van der Waals surface area contributed by atoms with Crippen LogP contribution in [0.1, 0.15) is 15.4 Å². The van der Waals surface area contributed by atoms with Crippen LogP contribution in [0.25, 0.3) is 16.8 Å². The van der Waals surface area contributed by atoms with Gasteiger partial charge < -0.3 is 14.7 Å². The van der Waals surface area contributed by atoms with Crippen LogP contribution in [0.15, 0.2) is 54.3 Å². The fourth-order valence-electron chi connectivity index (χ4n) is 3.35. The molecule has 3 aromatic rings. The zero-order chi connectivity index (χ0) is 19.8. The monoisotopic (exact) mass is 391 g/mol. The van der Waals surface area contributed by atoms with Crippen molar-refractivity contribution in [1.82, 2.24) is 4.98 Å². The van der Waals surface area contributed by atoms with Gasteiger partial charge in [-0.2, -0.15) is 0 Å². The van der Waals surface area contributed by atoms with Gasteiger partial charge in [-0.15, -0.1) is 11.3 Å². The third-order valence-electron chi connectivity index (χ3n) is 4.81. The van der Waals surface area contributed by atoms with Crippen molar-refractivity contribution < 1.29 is 9.84 Å². The Morgan fingerprint density at radius 1 is 1.11 bits per heavy atom. The summed E-state index contributed by atoms with van der Waals surface area (Å²) in [6.45, 7) is 4.30. The molecule has 0 atom stereocenters. The van der Waals surface area contributed by atoms with Crippen LogP contribution >= 0.6 is 11.3 Å². The first-order valence-corrected chi connectivity index (χ1v) is 9.77. The zero-order valence-electron chi connectivity index (χ0n) is 16.0. The van der Waals surface area contributed by atoms with Crippen LogP contribution in [0, 0.1) is 19.3 Å². The van der Waals surface area contributed by atoms with Gasteiger partial charge in [0.15, 0.2) is 0 Å². The fourth-order valence-corrected chi connectivity index (χ4v) is 4.35. The lowest BCUT2D eigenvalue weighted by Gasteiger charge is -2.21. The first-order valence-electron chi connectivity index (χ1n) is 8.96. The number of amidine groups is 1. The molecule has 0 aliphatic carbocycles. The highest BCUT2D eigenvalue weighted by Crippen LogP contribution is 2.39. The van der Waals surface area contributed by atoms with E-state index in [1.807, 2.05) is 31.2 Å². The molecule has 2 N–H and O–H groups in total. The fraction of sp³-hybridized carbons (Fsp3) is 0.182. The van der Waals surface area contributed by atoms with Gasteiger partial charge in [0, 0.05) is 10.4 Å². The van der Waals surface area contributed by atoms with Gasteiger partial charge in [-0.1, -0.05) is 42.0 Å². The molecule has 6 heteroatoms. The summed E-state index contributed by atoms with van der Waals surface area (Å²) in [7, 11) is 1.60. The molecule has 2 heterocycles. The normalized spacial score (nSPS) is 14.1. The maximum Gasteiger partial charge on any atom is 0.142 e. The van der Waals surface area contributed by atoms with Gasteiger partial charge in [0.05, 0.1) is 30.6 Å². The number of aryl methyl sites for hydroxylation is 2. The Labute approximate surface area is 168 Å². The third-order valence-corrected chi connectivity index (χ3v) is 5.80. The van der Waals surface area contributed by atoms with Gasteiger partial charge in [-0.25, -0.2) is 4.98 Å². The van der Waals surface area contributed by atoms with Crippen LogP contribution < -0.4 is 9.64 Å². The molecule has 1 aliphatic heterocycles. The Morgan fingerprint density at radius 3 is 2.54 bits per heavy atom. The Morgan fingerprint density at radius 2 is 1.82 bits per heavy atom. The zero-order valence-corrected chi connectivity index (χ0v) is 16.8. The van der Waals surface area contributed by atoms with Crippen molar-refractivity contribution in [3.8, 4) is 17.0 Å². The van der Waals surface area contributed by atoms with Crippen molar-refractivity contribution in [3.05, 3.63) is 69.7 Å². The molecular formula is C22H21N3O2S. The van der Waals surface area contributed by atoms with Gasteiger partial charge in [-0.3, -0.25) is 5.41 Å². The van der Waals surface area contributed by atoms with Gasteiger partial charge in [0.1, 0.15) is 22.4 Å². The molecule has 0 radical (unpaired) electrons. The van der Waals surface area contributed by atoms with Gasteiger partial charge >= 0.3 is 0 Å². The molecule has 0 bridgehead atoms. The molecule has 0 fully saturated rings. The van der Waals surface area contributed by atoms with E-state index in [9.17, 15) is 5.11 Å². The number of hydrogen-bond acceptors (Lipinski definition) is 5. The summed E-state index contributed by atoms with van der Waals surface area (Å²) in [5.41, 5.74) is 4.36. The lowest BCUT2D eigenvalue weighted by atomic mass is 10.1. The number of aliphatic hydroxyl groups is 1. The number of nitrogens with zero attached hydrogens (tertiary/aromatic N) is 2. The van der Waals surface area contributed by atoms with Crippen molar-refractivity contribution in [2.75, 3.05) is 18.6 Å². The van der Waals surface area contributed by atoms with Crippen molar-refractivity contribution in [1.29, 1.82) is 5.41 Å². The maximum absolute atomic E-state index is 10.6. The van der Waals surface area contributed by atoms with Crippen molar-refractivity contribution in [2.24, 2.45) is 0 Å². The second kappa shape index (κ2) is 7.13. The number of benzene rings is 2. The van der Waals surface area contributed by atoms with E-state index in [0.717, 1.165) is 21.8 Å². The molecule has 142 valence electrons. The Bertz CT molecular complexity index is 1080. The number of nitrogens with one attached hydrogen (secondary N) is 1. The molecule has 0 amide bonds. The number of para-hydroxylation sites is 2. The minimum atomic E-state index is 0.153. The molecule has 2 aromatic carbocycles. The summed E-state index contributed by atoms with van der Waals surface area (Å²) in [4.78, 5) is 7.57. The van der Waals surface area contributed by atoms with Crippen LogP contribution in [-0.4, -0.2) is 29.6 Å². The number of methoxy groups -OCH3 is 1. The first-order chi connectivity index (χ1) is 13.5. The van der Waals surface area contributed by atoms with E-state index < -0.39 is 0 Å². The minimum Gasteiger partial charge on any atom is -0.510 e. The molecule has 0 spiro atoms. The van der Waals surface area contributed by atoms with Crippen LogP contribution in [0.4, 0.5) is 5.69 Å². The van der Waals surface area contributed by atoms with Gasteiger partial charge in [0.25, 0.3) is 0 Å². The first kappa shape index (κ1) is 18.3. The Balaban J connectivity index is 1.70. The average Bonchev–Trinajstić information content (AvgIpc) is 3.21. The number of aromatic nitrogens is 1. The number of rotatable bonds is 4. The summed E-state index contributed by atoms with van der Waals surface area (Å²) in [6.07, 6.45) is 0. The van der Waals surface area contributed by atoms with Crippen LogP contribution in [0.5, 0.6) is 5.75 Å². The molecule has 1 aliphatic rings. The largest absolute Gasteiger partial charge is 0.510 e. The molecule has 28 heavy (non-hydrogen) atoms. The smallest absolute Gasteiger partial charge is 0.142 e. The quantitative estimate of drug-likeness (QED) is 0.641. The van der Waals surface area contributed by atoms with Crippen molar-refractivity contribution in [2.45, 2.75) is 13.8 Å². The number of ether oxygens (including phenoxy) is 1. The van der Waals surface area contributed by atoms with Crippen LogP contribution in [0.2, 0.25) is 0 Å². The van der Waals surface area contributed by atoms with E-state index >= 15 is 0 Å². The highest BCUT2D eigenvalue weighted by atomic mass is 32.1. The number of anilines is 1. The molecule has 5 nitrogen and oxygen atoms in total. The predicted molar refractivity (Wildman–Crippen MR) is 115 cm³/mol. The van der Waals surface area contributed by atoms with Gasteiger partial charge in [-0.05, 0) is 26.0 Å². The molecule has 0 unspecified atom stereocenters. The second-order valence-electron chi connectivity index (χ2n) is 6.72. The van der Waals surface area contributed by atoms with E-state index in [0.29, 0.717) is 16.3 Å². The van der Waals surface area contributed by atoms with Crippen molar-refractivity contribution >= 4 is 28.4 Å². The van der Waals surface area contributed by atoms with Crippen molar-refractivity contribution in [3.63, 3.8) is 0 Å². The van der Waals surface area contributed by atoms with Gasteiger partial charge in [0.2, 0.25) is 0 Å².